The van der Waals surface area contributed by atoms with Crippen LogP contribution in [0.15, 0.2) is 0 Å². The van der Waals surface area contributed by atoms with E-state index in [9.17, 15) is 9.90 Å². The lowest BCUT2D eigenvalue weighted by atomic mass is 9.86. The molecule has 0 unspecified atom stereocenters. The molecule has 0 aromatic heterocycles. The molecule has 3 fully saturated rings. The van der Waals surface area contributed by atoms with Crippen molar-refractivity contribution >= 4 is 5.91 Å². The van der Waals surface area contributed by atoms with E-state index in [1.165, 1.54) is 44.9 Å². The van der Waals surface area contributed by atoms with Crippen LogP contribution in [0.3, 0.4) is 0 Å². The molecule has 1 aliphatic carbocycles. The number of hydrogen-bond acceptors (Lipinski definition) is 3. The van der Waals surface area contributed by atoms with Crippen molar-refractivity contribution in [2.75, 3.05) is 32.7 Å². The molecule has 21 heavy (non-hydrogen) atoms. The summed E-state index contributed by atoms with van der Waals surface area (Å²) in [5, 5.41) is 10.9. The number of rotatable bonds is 4. The Morgan fingerprint density at radius 3 is 2.43 bits per heavy atom. The maximum Gasteiger partial charge on any atom is 0.255 e. The lowest BCUT2D eigenvalue weighted by Gasteiger charge is -2.41. The van der Waals surface area contributed by atoms with Gasteiger partial charge in [-0.3, -0.25) is 9.69 Å². The largest absolute Gasteiger partial charge is 0.379 e. The van der Waals surface area contributed by atoms with Gasteiger partial charge in [0.15, 0.2) is 5.60 Å². The van der Waals surface area contributed by atoms with Crippen LogP contribution in [0.1, 0.15) is 57.8 Å². The Labute approximate surface area is 128 Å². The number of hydrogen-bond donors (Lipinski definition) is 1. The summed E-state index contributed by atoms with van der Waals surface area (Å²) < 4.78 is 0. The molecule has 4 nitrogen and oxygen atoms in total. The van der Waals surface area contributed by atoms with Crippen molar-refractivity contribution in [1.29, 1.82) is 0 Å². The van der Waals surface area contributed by atoms with E-state index in [0.717, 1.165) is 32.6 Å². The van der Waals surface area contributed by atoms with Gasteiger partial charge in [0, 0.05) is 19.6 Å². The Bertz CT molecular complexity index is 362. The van der Waals surface area contributed by atoms with Crippen molar-refractivity contribution in [1.82, 2.24) is 9.80 Å². The zero-order valence-electron chi connectivity index (χ0n) is 13.2. The average Bonchev–Trinajstić information content (AvgIpc) is 2.98. The van der Waals surface area contributed by atoms with Crippen molar-refractivity contribution in [3.05, 3.63) is 0 Å². The molecule has 1 amide bonds. The fraction of sp³-hybridized carbons (Fsp3) is 0.941. The van der Waals surface area contributed by atoms with Gasteiger partial charge in [-0.1, -0.05) is 19.3 Å². The molecule has 0 aromatic carbocycles. The van der Waals surface area contributed by atoms with Gasteiger partial charge in [0.1, 0.15) is 0 Å². The molecule has 0 aromatic rings. The van der Waals surface area contributed by atoms with Crippen LogP contribution in [0.5, 0.6) is 0 Å². The summed E-state index contributed by atoms with van der Waals surface area (Å²) in [4.78, 5) is 17.0. The van der Waals surface area contributed by atoms with E-state index in [-0.39, 0.29) is 5.91 Å². The lowest BCUT2D eigenvalue weighted by Crippen LogP contribution is -2.59. The van der Waals surface area contributed by atoms with Crippen LogP contribution < -0.4 is 0 Å². The van der Waals surface area contributed by atoms with Gasteiger partial charge >= 0.3 is 0 Å². The average molecular weight is 294 g/mol. The molecule has 3 rings (SSSR count). The third kappa shape index (κ3) is 3.59. The first-order valence-electron chi connectivity index (χ1n) is 8.91. The minimum Gasteiger partial charge on any atom is -0.379 e. The van der Waals surface area contributed by atoms with Gasteiger partial charge in [0.2, 0.25) is 0 Å². The number of aliphatic hydroxyl groups is 1. The van der Waals surface area contributed by atoms with Crippen LogP contribution in [0, 0.1) is 5.92 Å². The minimum absolute atomic E-state index is 0.00576. The number of piperidine rings is 1. The van der Waals surface area contributed by atoms with E-state index in [4.69, 9.17) is 0 Å². The predicted molar refractivity (Wildman–Crippen MR) is 83.0 cm³/mol. The second-order valence-electron chi connectivity index (χ2n) is 7.37. The van der Waals surface area contributed by atoms with Crippen LogP contribution in [-0.4, -0.2) is 59.1 Å². The van der Waals surface area contributed by atoms with E-state index in [0.29, 0.717) is 18.9 Å². The van der Waals surface area contributed by atoms with E-state index in [1.54, 1.807) is 0 Å². The van der Waals surface area contributed by atoms with Gasteiger partial charge in [-0.2, -0.15) is 0 Å². The Kier molecular flexibility index (Phi) is 4.85. The lowest BCUT2D eigenvalue weighted by molar-refractivity contribution is -0.160. The van der Waals surface area contributed by atoms with Gasteiger partial charge in [-0.05, 0) is 57.5 Å². The normalized spacial score (nSPS) is 32.8. The highest BCUT2D eigenvalue weighted by atomic mass is 16.3. The first-order valence-corrected chi connectivity index (χ1v) is 8.91. The van der Waals surface area contributed by atoms with Crippen LogP contribution in [0.2, 0.25) is 0 Å². The van der Waals surface area contributed by atoms with Crippen LogP contribution in [0.4, 0.5) is 0 Å². The molecular weight excluding hydrogens is 264 g/mol. The molecule has 120 valence electrons. The molecule has 2 saturated heterocycles. The number of amides is 1. The molecule has 1 N–H and O–H groups in total. The summed E-state index contributed by atoms with van der Waals surface area (Å²) in [7, 11) is 0. The number of carbonyl (C=O) groups excluding carboxylic acids is 1. The third-order valence-electron chi connectivity index (χ3n) is 5.59. The highest BCUT2D eigenvalue weighted by molar-refractivity contribution is 5.86. The number of likely N-dealkylation sites (tertiary alicyclic amines) is 2. The number of β-amino-alcohol motifs (C(OH)–C–C–N with tert-alkyl or cyclic N) is 1. The smallest absolute Gasteiger partial charge is 0.255 e. The molecule has 2 heterocycles. The molecular formula is C17H30N2O2. The first kappa shape index (κ1) is 15.3. The first-order chi connectivity index (χ1) is 10.2. The van der Waals surface area contributed by atoms with Crippen molar-refractivity contribution in [2.45, 2.75) is 63.4 Å². The number of nitrogens with zero attached hydrogens (tertiary/aromatic N) is 2. The molecule has 0 bridgehead atoms. The maximum atomic E-state index is 12.8. The minimum atomic E-state index is -1.11. The second kappa shape index (κ2) is 6.66. The number of carbonyl (C=O) groups is 1. The molecule has 4 heteroatoms. The predicted octanol–water partition coefficient (Wildman–Crippen LogP) is 2.02. The van der Waals surface area contributed by atoms with Gasteiger partial charge in [-0.15, -0.1) is 0 Å². The molecule has 1 atom stereocenters. The van der Waals surface area contributed by atoms with Crippen molar-refractivity contribution < 1.29 is 9.90 Å². The summed E-state index contributed by atoms with van der Waals surface area (Å²) in [5.41, 5.74) is -1.11. The van der Waals surface area contributed by atoms with E-state index < -0.39 is 5.60 Å². The summed E-state index contributed by atoms with van der Waals surface area (Å²) >= 11 is 0. The van der Waals surface area contributed by atoms with Gasteiger partial charge in [0.05, 0.1) is 0 Å². The van der Waals surface area contributed by atoms with E-state index in [1.807, 2.05) is 4.90 Å². The zero-order chi connectivity index (χ0) is 14.7. The monoisotopic (exact) mass is 294 g/mol. The molecule has 2 aliphatic heterocycles. The summed E-state index contributed by atoms with van der Waals surface area (Å²) in [5.74, 6) is 0.670. The van der Waals surface area contributed by atoms with Gasteiger partial charge in [-0.25, -0.2) is 0 Å². The quantitative estimate of drug-likeness (QED) is 0.862. The molecule has 3 aliphatic rings. The van der Waals surface area contributed by atoms with Crippen molar-refractivity contribution in [3.63, 3.8) is 0 Å². The standard InChI is InChI=1S/C17H30N2O2/c20-16-17(21,14-18-10-4-5-11-18)9-6-12-19(16)13-15-7-2-1-3-8-15/h15,21H,1-14H2/t17-/m1/s1. The zero-order valence-corrected chi connectivity index (χ0v) is 13.2. The maximum absolute atomic E-state index is 12.8. The van der Waals surface area contributed by atoms with Crippen molar-refractivity contribution in [3.8, 4) is 0 Å². The summed E-state index contributed by atoms with van der Waals surface area (Å²) in [6.07, 6.45) is 10.5. The van der Waals surface area contributed by atoms with Gasteiger partial charge < -0.3 is 10.0 Å². The van der Waals surface area contributed by atoms with E-state index in [2.05, 4.69) is 4.90 Å². The molecule has 1 saturated carbocycles. The Morgan fingerprint density at radius 2 is 1.71 bits per heavy atom. The third-order valence-corrected chi connectivity index (χ3v) is 5.59. The summed E-state index contributed by atoms with van der Waals surface area (Å²) in [6, 6.07) is 0. The Hall–Kier alpha value is -0.610. The van der Waals surface area contributed by atoms with E-state index >= 15 is 0 Å². The summed E-state index contributed by atoms with van der Waals surface area (Å²) in [6.45, 7) is 4.35. The second-order valence-corrected chi connectivity index (χ2v) is 7.37. The van der Waals surface area contributed by atoms with Gasteiger partial charge in [0.25, 0.3) is 5.91 Å². The Morgan fingerprint density at radius 1 is 1.00 bits per heavy atom. The highest BCUT2D eigenvalue weighted by Crippen LogP contribution is 2.29. The molecule has 0 radical (unpaired) electrons. The fourth-order valence-electron chi connectivity index (χ4n) is 4.38. The van der Waals surface area contributed by atoms with Crippen molar-refractivity contribution in [2.24, 2.45) is 5.92 Å². The fourth-order valence-corrected chi connectivity index (χ4v) is 4.38. The Balaban J connectivity index is 1.58. The SMILES string of the molecule is O=C1N(CC2CCCCC2)CCC[C@@]1(O)CN1CCCC1. The van der Waals surface area contributed by atoms with Crippen LogP contribution in [0.25, 0.3) is 0 Å². The highest BCUT2D eigenvalue weighted by Gasteiger charge is 2.43. The topological polar surface area (TPSA) is 43.8 Å². The van der Waals surface area contributed by atoms with Crippen LogP contribution in [-0.2, 0) is 4.79 Å². The molecule has 0 spiro atoms. The van der Waals surface area contributed by atoms with Crippen LogP contribution >= 0.6 is 0 Å².